The summed E-state index contributed by atoms with van der Waals surface area (Å²) >= 11 is 5.70. The van der Waals surface area contributed by atoms with Gasteiger partial charge < -0.3 is 9.64 Å². The van der Waals surface area contributed by atoms with E-state index in [4.69, 9.17) is 16.3 Å². The van der Waals surface area contributed by atoms with Crippen LogP contribution in [0.5, 0.6) is 0 Å². The Morgan fingerprint density at radius 2 is 1.87 bits per heavy atom. The highest BCUT2D eigenvalue weighted by Gasteiger charge is 2.38. The number of morpholine rings is 1. The zero-order valence-corrected chi connectivity index (χ0v) is 22.3. The Labute approximate surface area is 228 Å². The van der Waals surface area contributed by atoms with E-state index in [1.807, 2.05) is 36.1 Å². The predicted octanol–water partition coefficient (Wildman–Crippen LogP) is 4.44. The molecule has 2 aliphatic rings. The van der Waals surface area contributed by atoms with Crippen LogP contribution in [-0.2, 0) is 34.0 Å². The zero-order valence-electron chi connectivity index (χ0n) is 20.7. The van der Waals surface area contributed by atoms with E-state index in [0.717, 1.165) is 27.6 Å². The van der Waals surface area contributed by atoms with Crippen LogP contribution in [0, 0.1) is 6.92 Å². The summed E-state index contributed by atoms with van der Waals surface area (Å²) in [5.41, 5.74) is 4.57. The molecule has 0 aliphatic carbocycles. The average molecular weight is 581 g/mol. The minimum atomic E-state index is -4.80. The van der Waals surface area contributed by atoms with Gasteiger partial charge in [-0.05, 0) is 30.7 Å². The van der Waals surface area contributed by atoms with Gasteiger partial charge in [-0.3, -0.25) is 0 Å². The smallest absolute Gasteiger partial charge is 0.378 e. The molecule has 0 bridgehead atoms. The molecule has 206 valence electrons. The second-order valence-electron chi connectivity index (χ2n) is 9.09. The van der Waals surface area contributed by atoms with Crippen molar-refractivity contribution in [1.29, 1.82) is 0 Å². The van der Waals surface area contributed by atoms with Gasteiger partial charge in [-0.15, -0.1) is 0 Å². The fourth-order valence-electron chi connectivity index (χ4n) is 4.41. The first-order valence-electron chi connectivity index (χ1n) is 12.0. The number of aryl methyl sites for hydroxylation is 1. The standard InChI is InChI=1S/C25H24ClF3N6O3S/c1-16-3-2-4-17(11-16)13-30-33-24-31-22-15-35(14-19(22)23(32-24)34-7-9-38-10-8-34)39(36,37)18-5-6-21(26)20(12-18)25(27,28)29/h2-6,11-13H,7-10,14-15H2,1H3,(H,31,32,33)/b30-13+. The maximum absolute atomic E-state index is 13.4. The van der Waals surface area contributed by atoms with Crippen LogP contribution < -0.4 is 10.3 Å². The van der Waals surface area contributed by atoms with Crippen molar-refractivity contribution in [2.45, 2.75) is 31.1 Å². The molecule has 5 rings (SSSR count). The van der Waals surface area contributed by atoms with Crippen LogP contribution in [0.2, 0.25) is 5.02 Å². The predicted molar refractivity (Wildman–Crippen MR) is 140 cm³/mol. The number of hydrogen-bond acceptors (Lipinski definition) is 8. The van der Waals surface area contributed by atoms with E-state index in [1.54, 1.807) is 6.21 Å². The second-order valence-corrected chi connectivity index (χ2v) is 11.4. The summed E-state index contributed by atoms with van der Waals surface area (Å²) in [6.07, 6.45) is -3.18. The fourth-order valence-corrected chi connectivity index (χ4v) is 6.03. The van der Waals surface area contributed by atoms with Gasteiger partial charge in [0, 0.05) is 25.2 Å². The molecular formula is C25H24ClF3N6O3S. The van der Waals surface area contributed by atoms with Crippen LogP contribution in [0.4, 0.5) is 24.9 Å². The molecule has 0 atom stereocenters. The number of benzene rings is 2. The molecule has 3 aromatic rings. The molecular weight excluding hydrogens is 557 g/mol. The highest BCUT2D eigenvalue weighted by molar-refractivity contribution is 7.89. The molecule has 1 fully saturated rings. The summed E-state index contributed by atoms with van der Waals surface area (Å²) in [5, 5.41) is 3.65. The number of hydrogen-bond donors (Lipinski definition) is 1. The van der Waals surface area contributed by atoms with Gasteiger partial charge in [0.1, 0.15) is 5.82 Å². The third kappa shape index (κ3) is 5.86. The zero-order chi connectivity index (χ0) is 27.8. The van der Waals surface area contributed by atoms with E-state index < -0.39 is 31.7 Å². The Morgan fingerprint density at radius 3 is 2.59 bits per heavy atom. The van der Waals surface area contributed by atoms with Gasteiger partial charge in [0.2, 0.25) is 16.0 Å². The molecule has 14 heteroatoms. The Balaban J connectivity index is 1.46. The van der Waals surface area contributed by atoms with Crippen molar-refractivity contribution in [2.24, 2.45) is 5.10 Å². The molecule has 0 spiro atoms. The fraction of sp³-hybridized carbons (Fsp3) is 0.320. The van der Waals surface area contributed by atoms with Gasteiger partial charge in [-0.25, -0.2) is 18.8 Å². The molecule has 9 nitrogen and oxygen atoms in total. The quantitative estimate of drug-likeness (QED) is 0.340. The number of nitrogens with one attached hydrogen (secondary N) is 1. The van der Waals surface area contributed by atoms with Gasteiger partial charge in [0.05, 0.1) is 47.1 Å². The van der Waals surface area contributed by atoms with Crippen molar-refractivity contribution < 1.29 is 26.3 Å². The lowest BCUT2D eigenvalue weighted by molar-refractivity contribution is -0.137. The molecule has 2 aromatic carbocycles. The van der Waals surface area contributed by atoms with E-state index in [-0.39, 0.29) is 19.0 Å². The largest absolute Gasteiger partial charge is 0.417 e. The summed E-state index contributed by atoms with van der Waals surface area (Å²) in [6.45, 7) is 3.75. The van der Waals surface area contributed by atoms with E-state index in [1.165, 1.54) is 0 Å². The average Bonchev–Trinajstić information content (AvgIpc) is 3.33. The molecule has 1 saturated heterocycles. The van der Waals surface area contributed by atoms with E-state index in [0.29, 0.717) is 49.4 Å². The summed E-state index contributed by atoms with van der Waals surface area (Å²) < 4.78 is 73.6. The molecule has 0 radical (unpaired) electrons. The SMILES string of the molecule is Cc1cccc(/C=N/Nc2nc3c(c(N4CCOCC4)n2)CN(S(=O)(=O)c2ccc(Cl)c(C(F)(F)F)c2)C3)c1. The third-order valence-corrected chi connectivity index (χ3v) is 8.46. The maximum atomic E-state index is 13.4. The summed E-state index contributed by atoms with van der Waals surface area (Å²) in [6, 6.07) is 10.3. The Bertz CT molecular complexity index is 1530. The molecule has 3 heterocycles. The molecule has 0 saturated carbocycles. The molecule has 2 aliphatic heterocycles. The highest BCUT2D eigenvalue weighted by Crippen LogP contribution is 2.38. The van der Waals surface area contributed by atoms with Gasteiger partial charge in [0.15, 0.2) is 0 Å². The minimum Gasteiger partial charge on any atom is -0.378 e. The first-order chi connectivity index (χ1) is 18.5. The normalized spacial score (nSPS) is 16.6. The first-order valence-corrected chi connectivity index (χ1v) is 13.8. The van der Waals surface area contributed by atoms with E-state index in [9.17, 15) is 21.6 Å². The molecule has 0 amide bonds. The van der Waals surface area contributed by atoms with Crippen LogP contribution in [0.15, 0.2) is 52.5 Å². The lowest BCUT2D eigenvalue weighted by Crippen LogP contribution is -2.37. The number of ether oxygens (including phenoxy) is 1. The number of halogens is 4. The van der Waals surface area contributed by atoms with Crippen molar-refractivity contribution in [2.75, 3.05) is 36.6 Å². The van der Waals surface area contributed by atoms with Crippen molar-refractivity contribution >= 4 is 39.6 Å². The Kier molecular flexibility index (Phi) is 7.51. The van der Waals surface area contributed by atoms with Gasteiger partial charge >= 0.3 is 6.18 Å². The summed E-state index contributed by atoms with van der Waals surface area (Å²) in [7, 11) is -4.31. The minimum absolute atomic E-state index is 0.0961. The number of aromatic nitrogens is 2. The Morgan fingerprint density at radius 1 is 1.10 bits per heavy atom. The Hall–Kier alpha value is -3.26. The topological polar surface area (TPSA) is 100 Å². The third-order valence-electron chi connectivity index (χ3n) is 6.34. The summed E-state index contributed by atoms with van der Waals surface area (Å²) in [5.74, 6) is 0.700. The van der Waals surface area contributed by atoms with Gasteiger partial charge in [-0.2, -0.15) is 27.6 Å². The number of sulfonamides is 1. The van der Waals surface area contributed by atoms with Crippen molar-refractivity contribution in [3.8, 4) is 0 Å². The van der Waals surface area contributed by atoms with Crippen LogP contribution in [0.25, 0.3) is 0 Å². The first kappa shape index (κ1) is 27.3. The van der Waals surface area contributed by atoms with Gasteiger partial charge in [-0.1, -0.05) is 41.4 Å². The van der Waals surface area contributed by atoms with E-state index >= 15 is 0 Å². The van der Waals surface area contributed by atoms with E-state index in [2.05, 4.69) is 20.5 Å². The highest BCUT2D eigenvalue weighted by atomic mass is 35.5. The second kappa shape index (κ2) is 10.7. The number of hydrazone groups is 1. The number of fused-ring (bicyclic) bond motifs is 1. The summed E-state index contributed by atoms with van der Waals surface area (Å²) in [4.78, 5) is 10.6. The van der Waals surface area contributed by atoms with Crippen LogP contribution in [-0.4, -0.2) is 55.2 Å². The van der Waals surface area contributed by atoms with Crippen LogP contribution in [0.3, 0.4) is 0 Å². The van der Waals surface area contributed by atoms with Crippen LogP contribution in [0.1, 0.15) is 27.9 Å². The number of anilines is 2. The lowest BCUT2D eigenvalue weighted by atomic mass is 10.2. The monoisotopic (exact) mass is 580 g/mol. The van der Waals surface area contributed by atoms with Crippen molar-refractivity contribution in [3.63, 3.8) is 0 Å². The van der Waals surface area contributed by atoms with Crippen molar-refractivity contribution in [1.82, 2.24) is 14.3 Å². The number of nitrogens with zero attached hydrogens (tertiary/aromatic N) is 5. The van der Waals surface area contributed by atoms with Crippen molar-refractivity contribution in [3.05, 3.63) is 75.4 Å². The van der Waals surface area contributed by atoms with Crippen LogP contribution >= 0.6 is 11.6 Å². The molecule has 39 heavy (non-hydrogen) atoms. The number of rotatable bonds is 6. The number of alkyl halides is 3. The lowest BCUT2D eigenvalue weighted by Gasteiger charge is -2.29. The maximum Gasteiger partial charge on any atom is 0.417 e. The molecule has 1 N–H and O–H groups in total. The molecule has 1 aromatic heterocycles. The van der Waals surface area contributed by atoms with Gasteiger partial charge in [0.25, 0.3) is 0 Å². The molecule has 0 unspecified atom stereocenters.